The highest BCUT2D eigenvalue weighted by molar-refractivity contribution is 5.75. The maximum Gasteiger partial charge on any atom is 0.381 e. The number of amides is 1. The number of nitrogens with one attached hydrogen (secondary N) is 1. The lowest BCUT2D eigenvalue weighted by Crippen LogP contribution is -2.30. The molecule has 0 fully saturated rings. The Balaban J connectivity index is 2.34. The van der Waals surface area contributed by atoms with Crippen molar-refractivity contribution in [2.45, 2.75) is 26.0 Å². The van der Waals surface area contributed by atoms with Crippen LogP contribution in [0.15, 0.2) is 12.5 Å². The van der Waals surface area contributed by atoms with Gasteiger partial charge in [-0.1, -0.05) is 0 Å². The molecule has 0 saturated heterocycles. The largest absolute Gasteiger partial charge is 0.392 e. The van der Waals surface area contributed by atoms with Gasteiger partial charge in [0.05, 0.1) is 6.10 Å². The van der Waals surface area contributed by atoms with E-state index in [9.17, 15) is 14.9 Å². The molecular weight excluding hydrogens is 228 g/mol. The summed E-state index contributed by atoms with van der Waals surface area (Å²) in [6.07, 6.45) is 2.16. The number of hydrogen-bond donors (Lipinski definition) is 2. The molecule has 1 aromatic heterocycles. The van der Waals surface area contributed by atoms with Crippen LogP contribution in [0.3, 0.4) is 0 Å². The van der Waals surface area contributed by atoms with Crippen molar-refractivity contribution in [2.24, 2.45) is 0 Å². The van der Waals surface area contributed by atoms with Crippen molar-refractivity contribution < 1.29 is 14.8 Å². The maximum absolute atomic E-state index is 11.3. The van der Waals surface area contributed by atoms with Gasteiger partial charge in [0.15, 0.2) is 0 Å². The Bertz CT molecular complexity index is 401. The lowest BCUT2D eigenvalue weighted by molar-refractivity contribution is -0.389. The molecule has 0 aliphatic rings. The molecule has 2 N–H and O–H groups in total. The van der Waals surface area contributed by atoms with Gasteiger partial charge in [-0.3, -0.25) is 4.79 Å². The predicted octanol–water partition coefficient (Wildman–Crippen LogP) is -0.322. The second-order valence-corrected chi connectivity index (χ2v) is 3.63. The third kappa shape index (κ3) is 4.60. The van der Waals surface area contributed by atoms with E-state index >= 15 is 0 Å². The van der Waals surface area contributed by atoms with Gasteiger partial charge in [-0.2, -0.15) is 0 Å². The summed E-state index contributed by atoms with van der Waals surface area (Å²) in [7, 11) is 0. The zero-order valence-corrected chi connectivity index (χ0v) is 9.37. The molecule has 8 heteroatoms. The van der Waals surface area contributed by atoms with Crippen LogP contribution in [0.5, 0.6) is 0 Å². The zero-order valence-electron chi connectivity index (χ0n) is 9.37. The van der Waals surface area contributed by atoms with Gasteiger partial charge in [-0.15, -0.1) is 0 Å². The van der Waals surface area contributed by atoms with Crippen molar-refractivity contribution in [3.8, 4) is 0 Å². The molecule has 1 atom stereocenters. The molecule has 0 bridgehead atoms. The third-order valence-corrected chi connectivity index (χ3v) is 2.00. The minimum Gasteiger partial charge on any atom is -0.392 e. The molecular formula is C9H14N4O4. The summed E-state index contributed by atoms with van der Waals surface area (Å²) in [5, 5.41) is 21.8. The van der Waals surface area contributed by atoms with Crippen molar-refractivity contribution >= 4 is 11.7 Å². The molecule has 1 rings (SSSR count). The summed E-state index contributed by atoms with van der Waals surface area (Å²) in [5.41, 5.74) is 0. The van der Waals surface area contributed by atoms with Gasteiger partial charge in [0.1, 0.15) is 6.20 Å². The summed E-state index contributed by atoms with van der Waals surface area (Å²) in [4.78, 5) is 24.6. The molecule has 1 amide bonds. The topological polar surface area (TPSA) is 110 Å². The van der Waals surface area contributed by atoms with Gasteiger partial charge in [0.2, 0.25) is 12.2 Å². The smallest absolute Gasteiger partial charge is 0.381 e. The summed E-state index contributed by atoms with van der Waals surface area (Å²) in [6, 6.07) is 0. The fourth-order valence-corrected chi connectivity index (χ4v) is 1.15. The number of carbonyl (C=O) groups excluding carboxylic acids is 1. The van der Waals surface area contributed by atoms with E-state index in [0.29, 0.717) is 6.54 Å². The second kappa shape index (κ2) is 5.94. The number of nitrogens with zero attached hydrogens (tertiary/aromatic N) is 3. The highest BCUT2D eigenvalue weighted by Gasteiger charge is 2.10. The average Bonchev–Trinajstić information content (AvgIpc) is 2.72. The number of nitro groups is 1. The van der Waals surface area contributed by atoms with Gasteiger partial charge < -0.3 is 25.1 Å². The van der Waals surface area contributed by atoms with E-state index < -0.39 is 11.0 Å². The normalized spacial score (nSPS) is 12.1. The van der Waals surface area contributed by atoms with Crippen LogP contribution in [0.2, 0.25) is 0 Å². The highest BCUT2D eigenvalue weighted by atomic mass is 16.6. The highest BCUT2D eigenvalue weighted by Crippen LogP contribution is 2.05. The standard InChI is InChI=1S/C9H14N4O4/c1-7(14)4-10-9(15)2-3-12-5-8(11-6-12)13(16)17/h5-7,14H,2-4H2,1H3,(H,10,15)/t7-/m1/s1. The summed E-state index contributed by atoms with van der Waals surface area (Å²) in [6.45, 7) is 2.08. The lowest BCUT2D eigenvalue weighted by Gasteiger charge is -2.06. The number of aliphatic hydroxyl groups excluding tert-OH is 1. The van der Waals surface area contributed by atoms with Crippen LogP contribution in [-0.4, -0.2) is 38.1 Å². The minimum absolute atomic E-state index is 0.181. The van der Waals surface area contributed by atoms with Crippen molar-refractivity contribution in [1.29, 1.82) is 0 Å². The number of rotatable bonds is 6. The molecule has 0 aliphatic heterocycles. The fraction of sp³-hybridized carbons (Fsp3) is 0.556. The number of aromatic nitrogens is 2. The van der Waals surface area contributed by atoms with Gasteiger partial charge >= 0.3 is 5.82 Å². The molecule has 0 aliphatic carbocycles. The number of hydrogen-bond acceptors (Lipinski definition) is 5. The van der Waals surface area contributed by atoms with Crippen LogP contribution in [0, 0.1) is 10.1 Å². The van der Waals surface area contributed by atoms with Gasteiger partial charge in [0, 0.05) is 19.5 Å². The molecule has 17 heavy (non-hydrogen) atoms. The molecule has 94 valence electrons. The van der Waals surface area contributed by atoms with E-state index in [0.717, 1.165) is 0 Å². The van der Waals surface area contributed by atoms with Crippen molar-refractivity contribution in [3.63, 3.8) is 0 Å². The Hall–Kier alpha value is -1.96. The quantitative estimate of drug-likeness (QED) is 0.524. The zero-order chi connectivity index (χ0) is 12.8. The average molecular weight is 242 g/mol. The summed E-state index contributed by atoms with van der Waals surface area (Å²) in [5.74, 6) is -0.461. The molecule has 0 saturated carbocycles. The molecule has 0 spiro atoms. The Morgan fingerprint density at radius 2 is 2.47 bits per heavy atom. The van der Waals surface area contributed by atoms with Crippen LogP contribution in [0.1, 0.15) is 13.3 Å². The van der Waals surface area contributed by atoms with E-state index in [1.165, 1.54) is 17.1 Å². The Kier molecular flexibility index (Phi) is 4.58. The molecule has 0 radical (unpaired) electrons. The van der Waals surface area contributed by atoms with E-state index in [4.69, 9.17) is 5.11 Å². The Morgan fingerprint density at radius 1 is 1.76 bits per heavy atom. The Labute approximate surface area is 97.4 Å². The molecule has 8 nitrogen and oxygen atoms in total. The van der Waals surface area contributed by atoms with Gasteiger partial charge in [-0.05, 0) is 16.8 Å². The molecule has 1 heterocycles. The lowest BCUT2D eigenvalue weighted by atomic mass is 10.3. The van der Waals surface area contributed by atoms with Crippen LogP contribution in [0.25, 0.3) is 0 Å². The number of aryl methyl sites for hydroxylation is 1. The number of aliphatic hydroxyl groups is 1. The first-order valence-electron chi connectivity index (χ1n) is 5.10. The SMILES string of the molecule is C[C@@H](O)CNC(=O)CCn1cnc([N+](=O)[O-])c1. The van der Waals surface area contributed by atoms with E-state index in [1.807, 2.05) is 0 Å². The van der Waals surface area contributed by atoms with Crippen molar-refractivity contribution in [3.05, 3.63) is 22.6 Å². The summed E-state index contributed by atoms with van der Waals surface area (Å²) >= 11 is 0. The van der Waals surface area contributed by atoms with Crippen LogP contribution < -0.4 is 5.32 Å². The molecule has 0 unspecified atom stereocenters. The minimum atomic E-state index is -0.593. The molecule has 1 aromatic rings. The van der Waals surface area contributed by atoms with Crippen molar-refractivity contribution in [1.82, 2.24) is 14.9 Å². The molecule has 0 aromatic carbocycles. The first-order valence-corrected chi connectivity index (χ1v) is 5.10. The second-order valence-electron chi connectivity index (χ2n) is 3.63. The van der Waals surface area contributed by atoms with Gasteiger partial charge in [0.25, 0.3) is 0 Å². The van der Waals surface area contributed by atoms with Crippen LogP contribution in [-0.2, 0) is 11.3 Å². The number of carbonyl (C=O) groups is 1. The van der Waals surface area contributed by atoms with E-state index in [2.05, 4.69) is 10.3 Å². The summed E-state index contributed by atoms with van der Waals surface area (Å²) < 4.78 is 1.47. The van der Waals surface area contributed by atoms with Crippen molar-refractivity contribution in [2.75, 3.05) is 6.54 Å². The van der Waals surface area contributed by atoms with Gasteiger partial charge in [-0.25, -0.2) is 0 Å². The van der Waals surface area contributed by atoms with Crippen LogP contribution in [0.4, 0.5) is 5.82 Å². The monoisotopic (exact) mass is 242 g/mol. The predicted molar refractivity (Wildman–Crippen MR) is 58.2 cm³/mol. The van der Waals surface area contributed by atoms with E-state index in [-0.39, 0.29) is 24.7 Å². The fourth-order valence-electron chi connectivity index (χ4n) is 1.15. The Morgan fingerprint density at radius 3 is 3.00 bits per heavy atom. The van der Waals surface area contributed by atoms with Crippen LogP contribution >= 0.6 is 0 Å². The van der Waals surface area contributed by atoms with E-state index in [1.54, 1.807) is 6.92 Å². The maximum atomic E-state index is 11.3. The third-order valence-electron chi connectivity index (χ3n) is 2.00. The first kappa shape index (κ1) is 13.1. The first-order chi connectivity index (χ1) is 7.99. The number of imidazole rings is 1.